The van der Waals surface area contributed by atoms with Gasteiger partial charge in [-0.25, -0.2) is 0 Å². The van der Waals surface area contributed by atoms with Gasteiger partial charge in [0.1, 0.15) is 6.61 Å². The largest absolute Gasteiger partial charge is 0.462 e. The average molecular weight is 1250 g/mol. The molecule has 0 amide bonds. The summed E-state index contributed by atoms with van der Waals surface area (Å²) < 4.78 is 10.8. The van der Waals surface area contributed by atoms with Crippen LogP contribution in [0, 0.1) is 0 Å². The highest BCUT2D eigenvalue weighted by molar-refractivity contribution is 5.70. The Morgan fingerprint density at radius 3 is 0.667 bits per heavy atom. The van der Waals surface area contributed by atoms with Crippen LogP contribution in [0.1, 0.15) is 386 Å². The van der Waals surface area contributed by atoms with Crippen molar-refractivity contribution in [3.63, 3.8) is 0 Å². The third-order valence-corrected chi connectivity index (χ3v) is 17.3. The van der Waals surface area contributed by atoms with Crippen molar-refractivity contribution in [1.82, 2.24) is 0 Å². The van der Waals surface area contributed by atoms with E-state index in [1.54, 1.807) is 0 Å². The molecule has 0 aromatic rings. The molecule has 0 aliphatic heterocycles. The molecule has 0 heterocycles. The van der Waals surface area contributed by atoms with Crippen LogP contribution in [-0.2, 0) is 19.1 Å². The Morgan fingerprint density at radius 2 is 0.444 bits per heavy atom. The number of carbonyl (C=O) groups excluding carboxylic acids is 2. The van der Waals surface area contributed by atoms with Crippen molar-refractivity contribution in [1.29, 1.82) is 0 Å². The zero-order valence-corrected chi connectivity index (χ0v) is 59.6. The first kappa shape index (κ1) is 86.3. The van der Waals surface area contributed by atoms with Crippen LogP contribution in [0.2, 0.25) is 0 Å². The van der Waals surface area contributed by atoms with Gasteiger partial charge in [-0.3, -0.25) is 9.59 Å². The second-order valence-electron chi connectivity index (χ2n) is 26.0. The highest BCUT2D eigenvalue weighted by atomic mass is 16.6. The molecule has 0 saturated carbocycles. The minimum absolute atomic E-state index is 0.0636. The van der Waals surface area contributed by atoms with Gasteiger partial charge in [0.15, 0.2) is 6.10 Å². The van der Waals surface area contributed by atoms with E-state index >= 15 is 0 Å². The number of allylic oxidation sites excluding steroid dienone is 20. The number of ether oxygens (including phenoxy) is 2. The van der Waals surface area contributed by atoms with Crippen LogP contribution in [0.4, 0.5) is 0 Å². The van der Waals surface area contributed by atoms with Crippen LogP contribution < -0.4 is 0 Å². The van der Waals surface area contributed by atoms with Crippen molar-refractivity contribution >= 4 is 11.9 Å². The van der Waals surface area contributed by atoms with E-state index in [9.17, 15) is 14.7 Å². The molecule has 0 radical (unpaired) electrons. The summed E-state index contributed by atoms with van der Waals surface area (Å²) in [6, 6.07) is 0. The predicted octanol–water partition coefficient (Wildman–Crippen LogP) is 27.7. The van der Waals surface area contributed by atoms with Crippen LogP contribution in [0.3, 0.4) is 0 Å². The van der Waals surface area contributed by atoms with Gasteiger partial charge >= 0.3 is 11.9 Å². The minimum Gasteiger partial charge on any atom is -0.462 e. The summed E-state index contributed by atoms with van der Waals surface area (Å²) in [4.78, 5) is 24.7. The molecule has 0 bridgehead atoms. The van der Waals surface area contributed by atoms with E-state index in [2.05, 4.69) is 135 Å². The number of aliphatic hydroxyl groups excluding tert-OH is 1. The zero-order chi connectivity index (χ0) is 64.7. The molecule has 90 heavy (non-hydrogen) atoms. The highest BCUT2D eigenvalue weighted by Gasteiger charge is 2.16. The molecule has 1 N–H and O–H groups in total. The SMILES string of the molecule is CC/C=C\C/C=C\C/C=C\C/C=C\C/C=C\CCCCCCCCCCCCCCCCCCCCCCCCCC(=O)OC(CO)COC(=O)CCCCCCCCCCCCCCCCCCCCCCC/C=C\C/C=C\C/C=C\C/C=C\C/C=C\CC. The molecule has 1 unspecified atom stereocenters. The molecule has 0 aliphatic rings. The van der Waals surface area contributed by atoms with Gasteiger partial charge in [-0.2, -0.15) is 0 Å². The van der Waals surface area contributed by atoms with Crippen molar-refractivity contribution in [3.05, 3.63) is 122 Å². The Labute approximate surface area is 560 Å². The normalized spacial score (nSPS) is 12.9. The van der Waals surface area contributed by atoms with Crippen molar-refractivity contribution < 1.29 is 24.2 Å². The van der Waals surface area contributed by atoms with Crippen molar-refractivity contribution in [2.24, 2.45) is 0 Å². The number of aliphatic hydroxyl groups is 1. The summed E-state index contributed by atoms with van der Waals surface area (Å²) >= 11 is 0. The monoisotopic (exact) mass is 1250 g/mol. The van der Waals surface area contributed by atoms with Crippen molar-refractivity contribution in [2.75, 3.05) is 13.2 Å². The fourth-order valence-corrected chi connectivity index (χ4v) is 11.5. The molecule has 0 aromatic heterocycles. The highest BCUT2D eigenvalue weighted by Crippen LogP contribution is 2.19. The lowest BCUT2D eigenvalue weighted by atomic mass is 10.0. The van der Waals surface area contributed by atoms with Crippen LogP contribution in [0.5, 0.6) is 0 Å². The average Bonchev–Trinajstić information content (AvgIpc) is 3.59. The topological polar surface area (TPSA) is 72.8 Å². The molecule has 0 rings (SSSR count). The number of rotatable bonds is 72. The van der Waals surface area contributed by atoms with Gasteiger partial charge in [-0.15, -0.1) is 0 Å². The molecular formula is C85H148O5. The van der Waals surface area contributed by atoms with Gasteiger partial charge in [0.25, 0.3) is 0 Å². The summed E-state index contributed by atoms with van der Waals surface area (Å²) in [7, 11) is 0. The van der Waals surface area contributed by atoms with Gasteiger partial charge in [-0.05, 0) is 103 Å². The Kier molecular flexibility index (Phi) is 76.3. The van der Waals surface area contributed by atoms with E-state index < -0.39 is 6.10 Å². The number of hydrogen-bond donors (Lipinski definition) is 1. The van der Waals surface area contributed by atoms with E-state index in [0.717, 1.165) is 103 Å². The van der Waals surface area contributed by atoms with Gasteiger partial charge < -0.3 is 14.6 Å². The van der Waals surface area contributed by atoms with Gasteiger partial charge in [-0.1, -0.05) is 392 Å². The van der Waals surface area contributed by atoms with Crippen LogP contribution in [0.25, 0.3) is 0 Å². The Bertz CT molecular complexity index is 1750. The van der Waals surface area contributed by atoms with Gasteiger partial charge in [0, 0.05) is 12.8 Å². The maximum absolute atomic E-state index is 12.4. The van der Waals surface area contributed by atoms with Gasteiger partial charge in [0.05, 0.1) is 6.61 Å². The molecule has 0 saturated heterocycles. The molecular weight excluding hydrogens is 1100 g/mol. The van der Waals surface area contributed by atoms with Crippen LogP contribution in [0.15, 0.2) is 122 Å². The summed E-state index contributed by atoms with van der Waals surface area (Å²) in [5.74, 6) is -0.572. The van der Waals surface area contributed by atoms with E-state index in [1.165, 1.54) is 257 Å². The van der Waals surface area contributed by atoms with E-state index in [1.807, 2.05) is 0 Å². The van der Waals surface area contributed by atoms with Crippen LogP contribution in [-0.4, -0.2) is 36.4 Å². The first-order valence-electron chi connectivity index (χ1n) is 39.1. The summed E-state index contributed by atoms with van der Waals surface area (Å²) in [5, 5.41) is 9.73. The van der Waals surface area contributed by atoms with E-state index in [0.29, 0.717) is 12.8 Å². The smallest absolute Gasteiger partial charge is 0.306 e. The minimum atomic E-state index is -0.775. The standard InChI is InChI=1S/C85H148O5/c1-3-5-7-9-11-13-15-17-19-21-23-25-27-29-31-33-35-37-39-41-42-44-46-48-50-52-54-56-58-60-62-64-66-68-70-72-74-76-78-80-85(88)90-83(81-86)82-89-84(87)79-77-75-73-71-69-67-65-63-61-59-57-55-53-51-49-47-45-43-40-38-36-34-32-30-28-26-24-22-20-18-16-14-12-10-8-6-4-2/h5-8,11-14,17-20,23-26,29-32,83,86H,3-4,9-10,15-16,21-22,27-28,33-82H2,1-2H3/b7-5-,8-6-,13-11-,14-12-,19-17-,20-18-,25-23-,26-24-,31-29-,32-30-. The summed E-state index contributed by atoms with van der Waals surface area (Å²) in [6.45, 7) is 3.96. The maximum Gasteiger partial charge on any atom is 0.306 e. The number of esters is 2. The summed E-state index contributed by atoms with van der Waals surface area (Å²) in [6.07, 6.45) is 117. The first-order chi connectivity index (χ1) is 44.6. The molecule has 0 spiro atoms. The second kappa shape index (κ2) is 79.5. The fraction of sp³-hybridized carbons (Fsp3) is 0.741. The van der Waals surface area contributed by atoms with Crippen molar-refractivity contribution in [3.8, 4) is 0 Å². The number of unbranched alkanes of at least 4 members (excludes halogenated alkanes) is 44. The second-order valence-corrected chi connectivity index (χ2v) is 26.0. The molecule has 1 atom stereocenters. The quantitative estimate of drug-likeness (QED) is 0.0373. The molecule has 0 aliphatic carbocycles. The van der Waals surface area contributed by atoms with E-state index in [4.69, 9.17) is 9.47 Å². The van der Waals surface area contributed by atoms with Gasteiger partial charge in [0.2, 0.25) is 0 Å². The molecule has 5 heteroatoms. The molecule has 0 fully saturated rings. The fourth-order valence-electron chi connectivity index (χ4n) is 11.5. The molecule has 5 nitrogen and oxygen atoms in total. The lowest BCUT2D eigenvalue weighted by molar-refractivity contribution is -0.161. The van der Waals surface area contributed by atoms with E-state index in [-0.39, 0.29) is 25.2 Å². The van der Waals surface area contributed by atoms with Crippen molar-refractivity contribution in [2.45, 2.75) is 392 Å². The number of carbonyl (C=O) groups is 2. The Morgan fingerprint density at radius 1 is 0.256 bits per heavy atom. The third kappa shape index (κ3) is 76.8. The zero-order valence-electron chi connectivity index (χ0n) is 59.6. The lowest BCUT2D eigenvalue weighted by Gasteiger charge is -2.15. The predicted molar refractivity (Wildman–Crippen MR) is 398 cm³/mol. The maximum atomic E-state index is 12.4. The summed E-state index contributed by atoms with van der Waals surface area (Å²) in [5.41, 5.74) is 0. The number of hydrogen-bond acceptors (Lipinski definition) is 5. The third-order valence-electron chi connectivity index (χ3n) is 17.3. The molecule has 518 valence electrons. The molecule has 0 aromatic carbocycles. The Hall–Kier alpha value is -3.70. The lowest BCUT2D eigenvalue weighted by Crippen LogP contribution is -2.28. The Balaban J connectivity index is 3.41. The first-order valence-corrected chi connectivity index (χ1v) is 39.1. The van der Waals surface area contributed by atoms with Crippen LogP contribution >= 0.6 is 0 Å².